The SMILES string of the molecule is C#CCn1ncc(NCC(=O)N(CC)CC)c(Br)c1=O. The Morgan fingerprint density at radius 1 is 1.55 bits per heavy atom. The molecule has 20 heavy (non-hydrogen) atoms. The van der Waals surface area contributed by atoms with Crippen LogP contribution >= 0.6 is 15.9 Å². The Balaban J connectivity index is 2.80. The van der Waals surface area contributed by atoms with Crippen LogP contribution in [0.4, 0.5) is 5.69 Å². The minimum atomic E-state index is -0.330. The zero-order chi connectivity index (χ0) is 15.1. The highest BCUT2D eigenvalue weighted by molar-refractivity contribution is 9.10. The van der Waals surface area contributed by atoms with Crippen molar-refractivity contribution in [2.24, 2.45) is 0 Å². The summed E-state index contributed by atoms with van der Waals surface area (Å²) in [6.07, 6.45) is 6.62. The van der Waals surface area contributed by atoms with Gasteiger partial charge in [-0.3, -0.25) is 9.59 Å². The molecule has 1 rings (SSSR count). The molecule has 0 bridgehead atoms. The highest BCUT2D eigenvalue weighted by Gasteiger charge is 2.12. The summed E-state index contributed by atoms with van der Waals surface area (Å²) in [5.74, 6) is 2.32. The van der Waals surface area contributed by atoms with Crippen molar-refractivity contribution in [1.29, 1.82) is 0 Å². The molecule has 0 atom stereocenters. The van der Waals surface area contributed by atoms with E-state index in [4.69, 9.17) is 6.42 Å². The van der Waals surface area contributed by atoms with Gasteiger partial charge in [-0.2, -0.15) is 5.10 Å². The van der Waals surface area contributed by atoms with E-state index in [0.717, 1.165) is 0 Å². The Bertz CT molecular complexity index is 573. The lowest BCUT2D eigenvalue weighted by molar-refractivity contribution is -0.128. The van der Waals surface area contributed by atoms with Crippen LogP contribution < -0.4 is 10.9 Å². The maximum absolute atomic E-state index is 11.9. The summed E-state index contributed by atoms with van der Waals surface area (Å²) in [5.41, 5.74) is 0.145. The molecule has 1 aromatic heterocycles. The molecule has 1 amide bonds. The number of amides is 1. The first-order chi connectivity index (χ1) is 9.54. The molecular formula is C13H17BrN4O2. The predicted octanol–water partition coefficient (Wildman–Crippen LogP) is 0.919. The van der Waals surface area contributed by atoms with Crippen LogP contribution in [0.5, 0.6) is 0 Å². The van der Waals surface area contributed by atoms with Crippen molar-refractivity contribution in [3.8, 4) is 12.3 Å². The first kappa shape index (κ1) is 16.2. The van der Waals surface area contributed by atoms with E-state index in [1.165, 1.54) is 10.9 Å². The zero-order valence-corrected chi connectivity index (χ0v) is 13.1. The molecule has 1 N–H and O–H groups in total. The summed E-state index contributed by atoms with van der Waals surface area (Å²) in [7, 11) is 0. The van der Waals surface area contributed by atoms with Gasteiger partial charge in [0.15, 0.2) is 0 Å². The first-order valence-electron chi connectivity index (χ1n) is 6.25. The molecule has 0 saturated heterocycles. The number of halogens is 1. The predicted molar refractivity (Wildman–Crippen MR) is 81.4 cm³/mol. The summed E-state index contributed by atoms with van der Waals surface area (Å²) in [6, 6.07) is 0. The summed E-state index contributed by atoms with van der Waals surface area (Å²) in [5, 5.41) is 6.84. The van der Waals surface area contributed by atoms with Crippen molar-refractivity contribution in [3.63, 3.8) is 0 Å². The van der Waals surface area contributed by atoms with Crippen LogP contribution in [0.3, 0.4) is 0 Å². The molecule has 1 heterocycles. The van der Waals surface area contributed by atoms with Crippen molar-refractivity contribution in [3.05, 3.63) is 21.0 Å². The topological polar surface area (TPSA) is 67.2 Å². The number of carbonyl (C=O) groups excluding carboxylic acids is 1. The Kier molecular flexibility index (Phi) is 6.25. The van der Waals surface area contributed by atoms with E-state index < -0.39 is 0 Å². The van der Waals surface area contributed by atoms with Gasteiger partial charge in [-0.1, -0.05) is 5.92 Å². The second kappa shape index (κ2) is 7.70. The fourth-order valence-electron chi connectivity index (χ4n) is 1.65. The third-order valence-electron chi connectivity index (χ3n) is 2.77. The number of likely N-dealkylation sites (N-methyl/N-ethyl adjacent to an activating group) is 1. The minimum absolute atomic E-state index is 0.0327. The van der Waals surface area contributed by atoms with Gasteiger partial charge < -0.3 is 10.2 Å². The van der Waals surface area contributed by atoms with Crippen LogP contribution in [0.1, 0.15) is 13.8 Å². The van der Waals surface area contributed by atoms with E-state index >= 15 is 0 Å². The van der Waals surface area contributed by atoms with Crippen molar-refractivity contribution in [2.75, 3.05) is 25.0 Å². The van der Waals surface area contributed by atoms with Crippen LogP contribution in [0.2, 0.25) is 0 Å². The smallest absolute Gasteiger partial charge is 0.284 e. The number of anilines is 1. The van der Waals surface area contributed by atoms with Crippen LogP contribution in [0.15, 0.2) is 15.5 Å². The number of aromatic nitrogens is 2. The van der Waals surface area contributed by atoms with Gasteiger partial charge in [0.25, 0.3) is 5.56 Å². The largest absolute Gasteiger partial charge is 0.374 e. The van der Waals surface area contributed by atoms with E-state index in [9.17, 15) is 9.59 Å². The van der Waals surface area contributed by atoms with Crippen molar-refractivity contribution in [2.45, 2.75) is 20.4 Å². The van der Waals surface area contributed by atoms with Crippen molar-refractivity contribution < 1.29 is 4.79 Å². The second-order valence-electron chi connectivity index (χ2n) is 3.96. The third-order valence-corrected chi connectivity index (χ3v) is 3.54. The van der Waals surface area contributed by atoms with Gasteiger partial charge in [0.2, 0.25) is 5.91 Å². The molecule has 0 spiro atoms. The Morgan fingerprint density at radius 2 is 2.20 bits per heavy atom. The second-order valence-corrected chi connectivity index (χ2v) is 4.75. The Hall–Kier alpha value is -1.81. The van der Waals surface area contributed by atoms with Gasteiger partial charge in [-0.15, -0.1) is 6.42 Å². The Morgan fingerprint density at radius 3 is 2.75 bits per heavy atom. The van der Waals surface area contributed by atoms with Gasteiger partial charge >= 0.3 is 0 Å². The van der Waals surface area contributed by atoms with Crippen LogP contribution in [-0.2, 0) is 11.3 Å². The summed E-state index contributed by atoms with van der Waals surface area (Å²) in [6.45, 7) is 5.36. The van der Waals surface area contributed by atoms with Crippen molar-refractivity contribution >= 4 is 27.5 Å². The molecule has 0 aliphatic heterocycles. The van der Waals surface area contributed by atoms with E-state index in [-0.39, 0.29) is 24.6 Å². The average Bonchev–Trinajstić information content (AvgIpc) is 2.44. The van der Waals surface area contributed by atoms with E-state index in [2.05, 4.69) is 32.3 Å². The quantitative estimate of drug-likeness (QED) is 0.782. The van der Waals surface area contributed by atoms with E-state index in [0.29, 0.717) is 23.2 Å². The van der Waals surface area contributed by atoms with Gasteiger partial charge in [-0.05, 0) is 29.8 Å². The molecule has 7 heteroatoms. The Labute approximate surface area is 126 Å². The maximum Gasteiger partial charge on any atom is 0.284 e. The van der Waals surface area contributed by atoms with Crippen LogP contribution in [0.25, 0.3) is 0 Å². The third kappa shape index (κ3) is 3.84. The average molecular weight is 341 g/mol. The molecule has 0 fully saturated rings. The summed E-state index contributed by atoms with van der Waals surface area (Å²) in [4.78, 5) is 25.5. The number of hydrogen-bond acceptors (Lipinski definition) is 4. The fraction of sp³-hybridized carbons (Fsp3) is 0.462. The molecule has 0 radical (unpaired) electrons. The molecule has 1 aromatic rings. The minimum Gasteiger partial charge on any atom is -0.374 e. The maximum atomic E-state index is 11.9. The van der Waals surface area contributed by atoms with E-state index in [1.54, 1.807) is 4.90 Å². The highest BCUT2D eigenvalue weighted by atomic mass is 79.9. The lowest BCUT2D eigenvalue weighted by Crippen LogP contribution is -2.35. The van der Waals surface area contributed by atoms with Gasteiger partial charge in [0.1, 0.15) is 11.0 Å². The molecule has 6 nitrogen and oxygen atoms in total. The molecular weight excluding hydrogens is 324 g/mol. The molecule has 0 unspecified atom stereocenters. The van der Waals surface area contributed by atoms with Crippen LogP contribution in [-0.4, -0.2) is 40.2 Å². The molecule has 108 valence electrons. The van der Waals surface area contributed by atoms with Gasteiger partial charge in [-0.25, -0.2) is 4.68 Å². The number of nitrogens with zero attached hydrogens (tertiary/aromatic N) is 3. The highest BCUT2D eigenvalue weighted by Crippen LogP contribution is 2.15. The van der Waals surface area contributed by atoms with E-state index in [1.807, 2.05) is 13.8 Å². The normalized spacial score (nSPS) is 9.90. The fourth-order valence-corrected chi connectivity index (χ4v) is 2.09. The number of hydrogen-bond donors (Lipinski definition) is 1. The van der Waals surface area contributed by atoms with Crippen LogP contribution in [0, 0.1) is 12.3 Å². The molecule has 0 saturated carbocycles. The van der Waals surface area contributed by atoms with Gasteiger partial charge in [0, 0.05) is 13.1 Å². The molecule has 0 aliphatic carbocycles. The first-order valence-corrected chi connectivity index (χ1v) is 7.05. The van der Waals surface area contributed by atoms with Crippen molar-refractivity contribution in [1.82, 2.24) is 14.7 Å². The lowest BCUT2D eigenvalue weighted by atomic mass is 10.4. The molecule has 0 aliphatic rings. The lowest BCUT2D eigenvalue weighted by Gasteiger charge is -2.19. The zero-order valence-electron chi connectivity index (χ0n) is 11.5. The monoisotopic (exact) mass is 340 g/mol. The number of rotatable bonds is 6. The number of nitrogens with one attached hydrogen (secondary N) is 1. The number of carbonyl (C=O) groups is 1. The summed E-state index contributed by atoms with van der Waals surface area (Å²) >= 11 is 3.19. The standard InChI is InChI=1S/C13H17BrN4O2/c1-4-7-18-13(20)12(14)10(8-16-18)15-9-11(19)17(5-2)6-3/h1,8,15H,5-7,9H2,2-3H3. The molecule has 0 aromatic carbocycles. The summed E-state index contributed by atoms with van der Waals surface area (Å²) < 4.78 is 1.48. The van der Waals surface area contributed by atoms with Gasteiger partial charge in [0.05, 0.1) is 18.4 Å². The number of terminal acetylenes is 1.